The van der Waals surface area contributed by atoms with E-state index in [0.717, 1.165) is 7.11 Å². The maximum absolute atomic E-state index is 14.6. The minimum Gasteiger partial charge on any atom is -0.533 e. The molecule has 2 amide bonds. The van der Waals surface area contributed by atoms with Crippen molar-refractivity contribution in [2.24, 2.45) is 0 Å². The van der Waals surface area contributed by atoms with Gasteiger partial charge < -0.3 is 43.9 Å². The molecule has 2 fully saturated rings. The number of nitrogens with one attached hydrogen (secondary N) is 2. The van der Waals surface area contributed by atoms with E-state index in [-0.39, 0.29) is 30.1 Å². The number of esters is 1. The molecule has 0 aliphatic carbocycles. The monoisotopic (exact) mass is 1050 g/mol. The Morgan fingerprint density at radius 2 is 1.19 bits per heavy atom. The van der Waals surface area contributed by atoms with Gasteiger partial charge in [-0.2, -0.15) is 26.3 Å². The van der Waals surface area contributed by atoms with E-state index in [0.29, 0.717) is 21.5 Å². The lowest BCUT2D eigenvalue weighted by atomic mass is 9.79. The standard InChI is InChI=1S/C55H60F6N2O10Si/c1-33-46(69-31-35-20-12-8-13-21-35)41(62-50(66)54(56,57)58)29-42(71-33)39-28-40(43-30-53(6,63-51(67)55(59,60)61)48(34(2)72-43)70-32-36-22-14-9-15-23-36)47(44(45(39)64)49(65)68-7)73-74(52(3,4)5,37-24-16-10-17-25-37)38-26-18-11-19-27-38/h8-28,33-34,41-43,46,48,64H,29-32H2,1-7H3,(H,62,66)(H,63,67)/t33?,34?,41-,42-,43+,46-,48-,53-/m1/s1. The van der Waals surface area contributed by atoms with Crippen LogP contribution in [0.5, 0.6) is 11.5 Å². The first-order valence-electron chi connectivity index (χ1n) is 24.0. The summed E-state index contributed by atoms with van der Waals surface area (Å²) in [6, 6.07) is 36.0. The third-order valence-electron chi connectivity index (χ3n) is 13.6. The number of carbonyl (C=O) groups is 3. The fourth-order valence-corrected chi connectivity index (χ4v) is 14.7. The van der Waals surface area contributed by atoms with Crippen molar-refractivity contribution in [1.82, 2.24) is 10.6 Å². The lowest BCUT2D eigenvalue weighted by molar-refractivity contribution is -0.196. The van der Waals surface area contributed by atoms with E-state index in [1.807, 2.05) is 81.4 Å². The van der Waals surface area contributed by atoms with Crippen LogP contribution in [0.25, 0.3) is 0 Å². The maximum Gasteiger partial charge on any atom is 0.471 e. The van der Waals surface area contributed by atoms with Crippen molar-refractivity contribution in [2.75, 3.05) is 7.11 Å². The highest BCUT2D eigenvalue weighted by Crippen LogP contribution is 2.51. The Balaban J connectivity index is 1.46. The molecule has 2 aliphatic heterocycles. The Hall–Kier alpha value is -6.25. The first kappa shape index (κ1) is 55.5. The second kappa shape index (κ2) is 22.3. The maximum atomic E-state index is 14.6. The minimum absolute atomic E-state index is 0.0124. The van der Waals surface area contributed by atoms with Crippen molar-refractivity contribution in [3.63, 3.8) is 0 Å². The smallest absolute Gasteiger partial charge is 0.471 e. The van der Waals surface area contributed by atoms with Crippen LogP contribution in [0.15, 0.2) is 127 Å². The molecule has 2 unspecified atom stereocenters. The van der Waals surface area contributed by atoms with E-state index in [9.17, 15) is 45.8 Å². The molecule has 12 nitrogen and oxygen atoms in total. The zero-order valence-electron chi connectivity index (χ0n) is 41.9. The lowest BCUT2D eigenvalue weighted by Gasteiger charge is -2.49. The molecule has 3 N–H and O–H groups in total. The van der Waals surface area contributed by atoms with Crippen LogP contribution in [-0.4, -0.2) is 86.7 Å². The number of alkyl halides is 6. The number of phenols is 1. The van der Waals surface area contributed by atoms with Gasteiger partial charge in [-0.15, -0.1) is 0 Å². The number of carbonyl (C=O) groups excluding carboxylic acids is 3. The van der Waals surface area contributed by atoms with Gasteiger partial charge in [-0.3, -0.25) is 9.59 Å². The molecule has 0 aromatic heterocycles. The zero-order chi connectivity index (χ0) is 53.8. The number of rotatable bonds is 15. The molecular formula is C55H60F6N2O10Si. The second-order valence-corrected chi connectivity index (χ2v) is 24.1. The number of hydrogen-bond acceptors (Lipinski definition) is 10. The summed E-state index contributed by atoms with van der Waals surface area (Å²) in [7, 11) is -2.78. The van der Waals surface area contributed by atoms with Crippen molar-refractivity contribution in [3.05, 3.63) is 155 Å². The number of ether oxygens (including phenoxy) is 5. The number of halogens is 6. The van der Waals surface area contributed by atoms with E-state index in [1.165, 1.54) is 19.9 Å². The SMILES string of the molecule is COC(=O)c1c(O)c([C@H]2C[C@@H](NC(=O)C(F)(F)F)[C@H](OCc3ccccc3)C(C)O2)cc([C@@H]2C[C@@](C)(NC(=O)C(F)(F)F)[C@H](OCc3ccccc3)C(C)O2)c1O[Si](c1ccccc1)(c1ccccc1)C(C)(C)C. The van der Waals surface area contributed by atoms with Crippen molar-refractivity contribution >= 4 is 36.5 Å². The van der Waals surface area contributed by atoms with Gasteiger partial charge in [0, 0.05) is 24.0 Å². The van der Waals surface area contributed by atoms with Gasteiger partial charge in [-0.25, -0.2) is 4.79 Å². The van der Waals surface area contributed by atoms with Crippen molar-refractivity contribution in [1.29, 1.82) is 0 Å². The van der Waals surface area contributed by atoms with Gasteiger partial charge in [-0.05, 0) is 53.4 Å². The zero-order valence-corrected chi connectivity index (χ0v) is 42.9. The molecule has 0 radical (unpaired) electrons. The predicted octanol–water partition coefficient (Wildman–Crippen LogP) is 9.47. The van der Waals surface area contributed by atoms with Gasteiger partial charge in [0.2, 0.25) is 0 Å². The lowest BCUT2D eigenvalue weighted by Crippen LogP contribution is -2.69. The van der Waals surface area contributed by atoms with E-state index in [1.54, 1.807) is 67.6 Å². The Labute approximate surface area is 426 Å². The topological polar surface area (TPSA) is 151 Å². The Kier molecular flexibility index (Phi) is 16.7. The highest BCUT2D eigenvalue weighted by molar-refractivity contribution is 7.00. The normalized spacial score (nSPS) is 23.6. The quantitative estimate of drug-likeness (QED) is 0.0526. The third-order valence-corrected chi connectivity index (χ3v) is 18.5. The molecule has 0 saturated carbocycles. The third kappa shape index (κ3) is 12.0. The molecule has 0 bridgehead atoms. The summed E-state index contributed by atoms with van der Waals surface area (Å²) in [5.74, 6) is -6.67. The van der Waals surface area contributed by atoms with Crippen molar-refractivity contribution in [2.45, 2.75) is 133 Å². The Morgan fingerprint density at radius 1 is 0.703 bits per heavy atom. The van der Waals surface area contributed by atoms with Gasteiger partial charge in [-0.1, -0.05) is 142 Å². The fraction of sp³-hybridized carbons (Fsp3) is 0.400. The van der Waals surface area contributed by atoms with Gasteiger partial charge in [0.25, 0.3) is 0 Å². The molecule has 2 heterocycles. The summed E-state index contributed by atoms with van der Waals surface area (Å²) in [6.45, 7) is 10.2. The van der Waals surface area contributed by atoms with Crippen LogP contribution in [0.3, 0.4) is 0 Å². The molecule has 7 rings (SSSR count). The number of benzene rings is 5. The predicted molar refractivity (Wildman–Crippen MR) is 264 cm³/mol. The first-order chi connectivity index (χ1) is 34.9. The van der Waals surface area contributed by atoms with Gasteiger partial charge in [0.05, 0.1) is 56.3 Å². The van der Waals surface area contributed by atoms with Gasteiger partial charge >= 0.3 is 38.5 Å². The average Bonchev–Trinajstić information content (AvgIpc) is 3.35. The summed E-state index contributed by atoms with van der Waals surface area (Å²) in [5.41, 5.74) is -1.28. The summed E-state index contributed by atoms with van der Waals surface area (Å²) in [5, 5.41) is 17.6. The van der Waals surface area contributed by atoms with Crippen LogP contribution in [0.1, 0.15) is 99.2 Å². The summed E-state index contributed by atoms with van der Waals surface area (Å²) >= 11 is 0. The van der Waals surface area contributed by atoms with E-state index in [4.69, 9.17) is 28.1 Å². The summed E-state index contributed by atoms with van der Waals surface area (Å²) in [6.07, 6.45) is -18.9. The van der Waals surface area contributed by atoms with Gasteiger partial charge in [0.1, 0.15) is 29.3 Å². The van der Waals surface area contributed by atoms with Crippen LogP contribution in [0.4, 0.5) is 26.3 Å². The molecule has 0 spiro atoms. The average molecular weight is 1050 g/mol. The van der Waals surface area contributed by atoms with Crippen molar-refractivity contribution in [3.8, 4) is 11.5 Å². The molecule has 8 atom stereocenters. The van der Waals surface area contributed by atoms with E-state index >= 15 is 0 Å². The summed E-state index contributed by atoms with van der Waals surface area (Å²) < 4.78 is 124. The molecule has 19 heteroatoms. The first-order valence-corrected chi connectivity index (χ1v) is 26.0. The molecule has 5 aromatic carbocycles. The van der Waals surface area contributed by atoms with Crippen LogP contribution < -0.4 is 25.4 Å². The number of amides is 2. The fourth-order valence-electron chi connectivity index (χ4n) is 10.2. The number of methoxy groups -OCH3 is 1. The van der Waals surface area contributed by atoms with E-state index in [2.05, 4.69) is 10.6 Å². The summed E-state index contributed by atoms with van der Waals surface area (Å²) in [4.78, 5) is 40.3. The minimum atomic E-state index is -5.33. The van der Waals surface area contributed by atoms with Crippen molar-refractivity contribution < 1.29 is 73.9 Å². The Morgan fingerprint density at radius 3 is 1.68 bits per heavy atom. The molecule has 2 saturated heterocycles. The van der Waals surface area contributed by atoms with Crippen LogP contribution >= 0.6 is 0 Å². The molecule has 2 aliphatic rings. The van der Waals surface area contributed by atoms with E-state index < -0.39 is 116 Å². The number of aromatic hydroxyl groups is 1. The molecule has 396 valence electrons. The molecular weight excluding hydrogens is 991 g/mol. The van der Waals surface area contributed by atoms with Crippen LogP contribution in [0, 0.1) is 0 Å². The number of phenolic OH excluding ortho intramolecular Hbond substituents is 1. The molecule has 74 heavy (non-hydrogen) atoms. The van der Waals surface area contributed by atoms with Gasteiger partial charge in [0.15, 0.2) is 0 Å². The highest BCUT2D eigenvalue weighted by atomic mass is 28.4. The second-order valence-electron chi connectivity index (χ2n) is 19.9. The largest absolute Gasteiger partial charge is 0.533 e. The Bertz CT molecular complexity index is 2690. The number of hydrogen-bond donors (Lipinski definition) is 3. The molecule has 5 aromatic rings. The highest BCUT2D eigenvalue weighted by Gasteiger charge is 2.56. The van der Waals surface area contributed by atoms with Crippen LogP contribution in [0.2, 0.25) is 5.04 Å². The van der Waals surface area contributed by atoms with Crippen LogP contribution in [-0.2, 0) is 46.5 Å².